The van der Waals surface area contributed by atoms with Crippen LogP contribution in [-0.4, -0.2) is 16.1 Å². The number of halogens is 2. The van der Waals surface area contributed by atoms with E-state index in [0.29, 0.717) is 12.8 Å². The molecule has 5 heteroatoms. The Bertz CT molecular complexity index is 580. The predicted octanol–water partition coefficient (Wildman–Crippen LogP) is 3.29. The van der Waals surface area contributed by atoms with E-state index in [2.05, 4.69) is 4.98 Å². The number of benzene rings is 1. The maximum Gasteiger partial charge on any atom is 0.352 e. The maximum atomic E-state index is 13.2. The molecule has 2 rings (SSSR count). The molecule has 0 fully saturated rings. The largest absolute Gasteiger partial charge is 0.477 e. The van der Waals surface area contributed by atoms with Crippen LogP contribution in [0.5, 0.6) is 0 Å². The number of aromatic carboxylic acids is 1. The lowest BCUT2D eigenvalue weighted by Gasteiger charge is -2.03. The first-order valence-corrected chi connectivity index (χ1v) is 5.79. The Morgan fingerprint density at radius 3 is 2.83 bits per heavy atom. The molecule has 1 heterocycles. The number of carboxylic acid groups (broad SMARTS) is 1. The van der Waals surface area contributed by atoms with Crippen LogP contribution in [0.2, 0.25) is 5.02 Å². The number of aromatic amines is 1. The number of carbonyl (C=O) groups is 1. The van der Waals surface area contributed by atoms with Crippen LogP contribution in [0.15, 0.2) is 30.5 Å². The van der Waals surface area contributed by atoms with Crippen molar-refractivity contribution < 1.29 is 14.3 Å². The lowest BCUT2D eigenvalue weighted by atomic mass is 10.1. The van der Waals surface area contributed by atoms with Gasteiger partial charge in [0.2, 0.25) is 0 Å². The summed E-state index contributed by atoms with van der Waals surface area (Å²) in [4.78, 5) is 13.3. The monoisotopic (exact) mass is 267 g/mol. The van der Waals surface area contributed by atoms with Crippen LogP contribution in [0.3, 0.4) is 0 Å². The second kappa shape index (κ2) is 5.23. The Morgan fingerprint density at radius 1 is 1.39 bits per heavy atom. The summed E-state index contributed by atoms with van der Waals surface area (Å²) in [6.07, 6.45) is 2.80. The SMILES string of the molecule is O=C(O)c1cc(CCc2cccc(F)c2Cl)c[nH]1. The number of aryl methyl sites for hydroxylation is 2. The molecule has 0 radical (unpaired) electrons. The van der Waals surface area contributed by atoms with E-state index >= 15 is 0 Å². The van der Waals surface area contributed by atoms with Crippen molar-refractivity contribution in [2.24, 2.45) is 0 Å². The highest BCUT2D eigenvalue weighted by Gasteiger charge is 2.08. The third kappa shape index (κ3) is 2.71. The van der Waals surface area contributed by atoms with Crippen LogP contribution in [0.4, 0.5) is 4.39 Å². The third-order valence-electron chi connectivity index (χ3n) is 2.69. The van der Waals surface area contributed by atoms with Crippen LogP contribution < -0.4 is 0 Å². The second-order valence-corrected chi connectivity index (χ2v) is 4.32. The van der Waals surface area contributed by atoms with Gasteiger partial charge < -0.3 is 10.1 Å². The van der Waals surface area contributed by atoms with Gasteiger partial charge in [0.1, 0.15) is 11.5 Å². The molecule has 0 unspecified atom stereocenters. The molecule has 1 aromatic heterocycles. The van der Waals surface area contributed by atoms with Crippen LogP contribution in [-0.2, 0) is 12.8 Å². The summed E-state index contributed by atoms with van der Waals surface area (Å²) in [6.45, 7) is 0. The molecule has 0 aliphatic carbocycles. The Kier molecular flexibility index (Phi) is 3.67. The molecule has 0 saturated carbocycles. The molecule has 2 aromatic rings. The van der Waals surface area contributed by atoms with E-state index in [0.717, 1.165) is 11.1 Å². The molecular formula is C13H11ClFNO2. The lowest BCUT2D eigenvalue weighted by molar-refractivity contribution is 0.0691. The minimum Gasteiger partial charge on any atom is -0.477 e. The second-order valence-electron chi connectivity index (χ2n) is 3.94. The number of hydrogen-bond donors (Lipinski definition) is 2. The van der Waals surface area contributed by atoms with Gasteiger partial charge in [-0.1, -0.05) is 23.7 Å². The fraction of sp³-hybridized carbons (Fsp3) is 0.154. The van der Waals surface area contributed by atoms with E-state index in [9.17, 15) is 9.18 Å². The van der Waals surface area contributed by atoms with Gasteiger partial charge in [-0.3, -0.25) is 0 Å². The number of aromatic nitrogens is 1. The molecule has 3 nitrogen and oxygen atoms in total. The highest BCUT2D eigenvalue weighted by molar-refractivity contribution is 6.31. The molecule has 94 valence electrons. The van der Waals surface area contributed by atoms with Gasteiger partial charge in [-0.05, 0) is 36.1 Å². The average molecular weight is 268 g/mol. The zero-order valence-corrected chi connectivity index (χ0v) is 10.2. The van der Waals surface area contributed by atoms with E-state index in [4.69, 9.17) is 16.7 Å². The Balaban J connectivity index is 2.07. The zero-order valence-electron chi connectivity index (χ0n) is 9.41. The van der Waals surface area contributed by atoms with Crippen molar-refractivity contribution in [2.75, 3.05) is 0 Å². The lowest BCUT2D eigenvalue weighted by Crippen LogP contribution is -1.95. The first-order valence-electron chi connectivity index (χ1n) is 5.41. The molecule has 0 saturated heterocycles. The van der Waals surface area contributed by atoms with Crippen molar-refractivity contribution >= 4 is 17.6 Å². The van der Waals surface area contributed by atoms with Gasteiger partial charge in [-0.2, -0.15) is 0 Å². The molecule has 0 bridgehead atoms. The first kappa shape index (κ1) is 12.6. The Morgan fingerprint density at radius 2 is 2.17 bits per heavy atom. The van der Waals surface area contributed by atoms with Gasteiger partial charge in [0, 0.05) is 6.20 Å². The summed E-state index contributed by atoms with van der Waals surface area (Å²) in [5.74, 6) is -1.43. The van der Waals surface area contributed by atoms with Crippen molar-refractivity contribution in [1.82, 2.24) is 4.98 Å². The quantitative estimate of drug-likeness (QED) is 0.893. The van der Waals surface area contributed by atoms with Crippen LogP contribution >= 0.6 is 11.6 Å². The highest BCUT2D eigenvalue weighted by atomic mass is 35.5. The smallest absolute Gasteiger partial charge is 0.352 e. The van der Waals surface area contributed by atoms with Crippen LogP contribution in [0.1, 0.15) is 21.6 Å². The van der Waals surface area contributed by atoms with Gasteiger partial charge in [-0.15, -0.1) is 0 Å². The van der Waals surface area contributed by atoms with Crippen molar-refractivity contribution in [3.8, 4) is 0 Å². The van der Waals surface area contributed by atoms with Gasteiger partial charge in [-0.25, -0.2) is 9.18 Å². The summed E-state index contributed by atoms with van der Waals surface area (Å²) >= 11 is 5.84. The normalized spacial score (nSPS) is 10.6. The molecule has 0 aliphatic rings. The van der Waals surface area contributed by atoms with E-state index < -0.39 is 11.8 Å². The summed E-state index contributed by atoms with van der Waals surface area (Å²) in [5.41, 5.74) is 1.72. The molecule has 0 spiro atoms. The number of rotatable bonds is 4. The van der Waals surface area contributed by atoms with Crippen LogP contribution in [0.25, 0.3) is 0 Å². The standard InChI is InChI=1S/C13H11ClFNO2/c14-12-9(2-1-3-10(12)15)5-4-8-6-11(13(17)18)16-7-8/h1-3,6-7,16H,4-5H2,(H,17,18). The van der Waals surface area contributed by atoms with E-state index in [1.54, 1.807) is 24.4 Å². The van der Waals surface area contributed by atoms with E-state index in [1.165, 1.54) is 6.07 Å². The summed E-state index contributed by atoms with van der Waals surface area (Å²) < 4.78 is 13.2. The van der Waals surface area contributed by atoms with Gasteiger partial charge in [0.15, 0.2) is 0 Å². The molecule has 1 aromatic carbocycles. The fourth-order valence-corrected chi connectivity index (χ4v) is 1.95. The van der Waals surface area contributed by atoms with Gasteiger partial charge in [0.05, 0.1) is 5.02 Å². The zero-order chi connectivity index (χ0) is 13.1. The van der Waals surface area contributed by atoms with E-state index in [1.807, 2.05) is 0 Å². The number of carboxylic acids is 1. The maximum absolute atomic E-state index is 13.2. The van der Waals surface area contributed by atoms with Gasteiger partial charge in [0.25, 0.3) is 0 Å². The number of nitrogens with one attached hydrogen (secondary N) is 1. The number of hydrogen-bond acceptors (Lipinski definition) is 1. The third-order valence-corrected chi connectivity index (χ3v) is 3.11. The average Bonchev–Trinajstić information content (AvgIpc) is 2.80. The highest BCUT2D eigenvalue weighted by Crippen LogP contribution is 2.21. The summed E-state index contributed by atoms with van der Waals surface area (Å²) in [7, 11) is 0. The minimum atomic E-state index is -0.995. The molecule has 2 N–H and O–H groups in total. The van der Waals surface area contributed by atoms with Crippen LogP contribution in [0, 0.1) is 5.82 Å². The van der Waals surface area contributed by atoms with Crippen molar-refractivity contribution in [3.63, 3.8) is 0 Å². The Labute approximate surface area is 108 Å². The first-order chi connectivity index (χ1) is 8.58. The predicted molar refractivity (Wildman–Crippen MR) is 66.6 cm³/mol. The summed E-state index contributed by atoms with van der Waals surface area (Å²) in [6, 6.07) is 6.24. The molecule has 18 heavy (non-hydrogen) atoms. The Hall–Kier alpha value is -1.81. The topological polar surface area (TPSA) is 53.1 Å². The molecule has 0 atom stereocenters. The fourth-order valence-electron chi connectivity index (χ4n) is 1.73. The van der Waals surface area contributed by atoms with Crippen molar-refractivity contribution in [1.29, 1.82) is 0 Å². The van der Waals surface area contributed by atoms with E-state index in [-0.39, 0.29) is 10.7 Å². The van der Waals surface area contributed by atoms with Crippen molar-refractivity contribution in [3.05, 3.63) is 58.1 Å². The molecule has 0 aliphatic heterocycles. The number of H-pyrrole nitrogens is 1. The molecule has 0 amide bonds. The molecular weight excluding hydrogens is 257 g/mol. The van der Waals surface area contributed by atoms with Gasteiger partial charge >= 0.3 is 5.97 Å². The summed E-state index contributed by atoms with van der Waals surface area (Å²) in [5, 5.41) is 8.89. The van der Waals surface area contributed by atoms with Crippen molar-refractivity contribution in [2.45, 2.75) is 12.8 Å². The minimum absolute atomic E-state index is 0.131.